The molecular weight excluding hydrogens is 438 g/mol. The number of thiophene rings is 1. The van der Waals surface area contributed by atoms with Crippen LogP contribution in [-0.2, 0) is 11.8 Å². The molecule has 3 heterocycles. The van der Waals surface area contributed by atoms with Crippen molar-refractivity contribution in [2.24, 2.45) is 0 Å². The summed E-state index contributed by atoms with van der Waals surface area (Å²) in [5, 5.41) is 14.5. The van der Waals surface area contributed by atoms with Gasteiger partial charge in [-0.1, -0.05) is 32.7 Å². The fraction of sp³-hybridized carbons (Fsp3) is 0.294. The standard InChI is InChI=1S/C17H13BrClN5OS/c1-17(4-2-3-11-13(17)9(7-20)14(21)26-11)16-23-15(24-25-16)10-5-8(18)6-12(19)22-10/h5-6H,2-4,21H2,1H3. The molecule has 0 bridgehead atoms. The monoisotopic (exact) mass is 449 g/mol. The average molecular weight is 451 g/mol. The number of aryl methyl sites for hydroxylation is 1. The van der Waals surface area contributed by atoms with Crippen LogP contribution in [0.2, 0.25) is 5.15 Å². The Hall–Kier alpha value is -1.95. The van der Waals surface area contributed by atoms with E-state index in [0.717, 1.165) is 34.2 Å². The summed E-state index contributed by atoms with van der Waals surface area (Å²) in [6.45, 7) is 2.02. The number of rotatable bonds is 2. The first-order valence-electron chi connectivity index (χ1n) is 7.92. The lowest BCUT2D eigenvalue weighted by Gasteiger charge is -2.30. The van der Waals surface area contributed by atoms with Crippen molar-refractivity contribution in [2.45, 2.75) is 31.6 Å². The van der Waals surface area contributed by atoms with Crippen LogP contribution in [0.5, 0.6) is 0 Å². The molecule has 0 radical (unpaired) electrons. The molecular formula is C17H13BrClN5OS. The fourth-order valence-corrected chi connectivity index (χ4v) is 5.41. The summed E-state index contributed by atoms with van der Waals surface area (Å²) in [5.74, 6) is 0.818. The lowest BCUT2D eigenvalue weighted by molar-refractivity contribution is 0.300. The molecule has 2 N–H and O–H groups in total. The van der Waals surface area contributed by atoms with Crippen molar-refractivity contribution >= 4 is 43.9 Å². The number of aromatic nitrogens is 3. The Labute approximate surface area is 167 Å². The molecule has 1 aliphatic carbocycles. The first kappa shape index (κ1) is 17.5. The highest BCUT2D eigenvalue weighted by atomic mass is 79.9. The molecule has 0 aliphatic heterocycles. The van der Waals surface area contributed by atoms with Crippen molar-refractivity contribution < 1.29 is 4.52 Å². The molecule has 1 atom stereocenters. The Kier molecular flexibility index (Phi) is 4.26. The number of nitriles is 1. The molecule has 0 fully saturated rings. The van der Waals surface area contributed by atoms with Gasteiger partial charge in [-0.3, -0.25) is 0 Å². The van der Waals surface area contributed by atoms with Crippen LogP contribution in [0.4, 0.5) is 5.00 Å². The molecule has 132 valence electrons. The van der Waals surface area contributed by atoms with E-state index in [-0.39, 0.29) is 0 Å². The van der Waals surface area contributed by atoms with Gasteiger partial charge in [0.2, 0.25) is 11.7 Å². The van der Waals surface area contributed by atoms with Gasteiger partial charge in [-0.25, -0.2) is 4.98 Å². The molecule has 0 saturated carbocycles. The quantitative estimate of drug-likeness (QED) is 0.568. The maximum absolute atomic E-state index is 9.57. The summed E-state index contributed by atoms with van der Waals surface area (Å²) in [7, 11) is 0. The Morgan fingerprint density at radius 1 is 1.42 bits per heavy atom. The van der Waals surface area contributed by atoms with E-state index < -0.39 is 5.41 Å². The molecule has 0 amide bonds. The van der Waals surface area contributed by atoms with Crippen LogP contribution in [-0.4, -0.2) is 15.1 Å². The molecule has 3 aromatic heterocycles. The van der Waals surface area contributed by atoms with Crippen LogP contribution in [0.25, 0.3) is 11.5 Å². The first-order chi connectivity index (χ1) is 12.4. The van der Waals surface area contributed by atoms with E-state index in [1.54, 1.807) is 12.1 Å². The first-order valence-corrected chi connectivity index (χ1v) is 9.90. The van der Waals surface area contributed by atoms with Crippen molar-refractivity contribution in [3.05, 3.63) is 43.7 Å². The number of halogens is 2. The zero-order valence-corrected chi connectivity index (χ0v) is 16.9. The smallest absolute Gasteiger partial charge is 0.237 e. The lowest BCUT2D eigenvalue weighted by atomic mass is 9.72. The highest BCUT2D eigenvalue weighted by molar-refractivity contribution is 9.10. The topological polar surface area (TPSA) is 102 Å². The van der Waals surface area contributed by atoms with Crippen LogP contribution < -0.4 is 5.73 Å². The minimum Gasteiger partial charge on any atom is -0.389 e. The fourth-order valence-electron chi connectivity index (χ4n) is 3.44. The largest absolute Gasteiger partial charge is 0.389 e. The van der Waals surface area contributed by atoms with Crippen molar-refractivity contribution in [2.75, 3.05) is 5.73 Å². The summed E-state index contributed by atoms with van der Waals surface area (Å²) in [6, 6.07) is 5.71. The predicted molar refractivity (Wildman–Crippen MR) is 103 cm³/mol. The van der Waals surface area contributed by atoms with E-state index >= 15 is 0 Å². The molecule has 26 heavy (non-hydrogen) atoms. The van der Waals surface area contributed by atoms with Crippen LogP contribution in [0.1, 0.15) is 41.7 Å². The second kappa shape index (κ2) is 6.34. The maximum Gasteiger partial charge on any atom is 0.237 e. The van der Waals surface area contributed by atoms with E-state index in [1.807, 2.05) is 6.92 Å². The van der Waals surface area contributed by atoms with E-state index in [9.17, 15) is 5.26 Å². The van der Waals surface area contributed by atoms with Crippen molar-refractivity contribution in [3.63, 3.8) is 0 Å². The van der Waals surface area contributed by atoms with E-state index in [4.69, 9.17) is 21.9 Å². The van der Waals surface area contributed by atoms with Crippen molar-refractivity contribution in [3.8, 4) is 17.6 Å². The number of nitrogens with zero attached hydrogens (tertiary/aromatic N) is 4. The molecule has 1 aliphatic rings. The number of anilines is 1. The van der Waals surface area contributed by atoms with Gasteiger partial charge in [0.05, 0.1) is 11.0 Å². The van der Waals surface area contributed by atoms with Gasteiger partial charge in [-0.05, 0) is 38.3 Å². The number of fused-ring (bicyclic) bond motifs is 1. The number of hydrogen-bond donors (Lipinski definition) is 1. The van der Waals surface area contributed by atoms with Gasteiger partial charge in [0.25, 0.3) is 0 Å². The molecule has 6 nitrogen and oxygen atoms in total. The number of nitrogen functional groups attached to an aromatic ring is 1. The van der Waals surface area contributed by atoms with E-state index in [0.29, 0.717) is 33.1 Å². The zero-order chi connectivity index (χ0) is 18.5. The Morgan fingerprint density at radius 2 is 2.23 bits per heavy atom. The molecule has 0 spiro atoms. The van der Waals surface area contributed by atoms with Crippen LogP contribution in [0.15, 0.2) is 21.1 Å². The van der Waals surface area contributed by atoms with Gasteiger partial charge < -0.3 is 10.3 Å². The second-order valence-electron chi connectivity index (χ2n) is 6.35. The minimum absolute atomic E-state index is 0.337. The van der Waals surface area contributed by atoms with Gasteiger partial charge in [-0.15, -0.1) is 11.3 Å². The maximum atomic E-state index is 9.57. The number of nitrogens with two attached hydrogens (primary N) is 1. The minimum atomic E-state index is -0.548. The molecule has 4 rings (SSSR count). The zero-order valence-electron chi connectivity index (χ0n) is 13.7. The summed E-state index contributed by atoms with van der Waals surface area (Å²) < 4.78 is 6.38. The lowest BCUT2D eigenvalue weighted by Crippen LogP contribution is -2.29. The number of pyridine rings is 1. The summed E-state index contributed by atoms with van der Waals surface area (Å²) >= 11 is 10.9. The Balaban J connectivity index is 1.83. The molecule has 9 heteroatoms. The Bertz CT molecular complexity index is 1040. The van der Waals surface area contributed by atoms with Crippen molar-refractivity contribution in [1.29, 1.82) is 5.26 Å². The third kappa shape index (κ3) is 2.71. The second-order valence-corrected chi connectivity index (χ2v) is 8.79. The highest BCUT2D eigenvalue weighted by Gasteiger charge is 2.43. The third-order valence-electron chi connectivity index (χ3n) is 4.64. The SMILES string of the molecule is CC1(c2nc(-c3cc(Br)cc(Cl)n3)no2)CCCc2sc(N)c(C#N)c21. The summed E-state index contributed by atoms with van der Waals surface area (Å²) in [5.41, 5.74) is 7.47. The molecule has 1 unspecified atom stereocenters. The third-order valence-corrected chi connectivity index (χ3v) is 6.37. The van der Waals surface area contributed by atoms with Crippen molar-refractivity contribution in [1.82, 2.24) is 15.1 Å². The highest BCUT2D eigenvalue weighted by Crippen LogP contribution is 2.48. The normalized spacial score (nSPS) is 19.2. The van der Waals surface area contributed by atoms with Gasteiger partial charge >= 0.3 is 0 Å². The van der Waals surface area contributed by atoms with E-state index in [1.165, 1.54) is 11.3 Å². The van der Waals surface area contributed by atoms with E-state index in [2.05, 4.69) is 37.1 Å². The predicted octanol–water partition coefficient (Wildman–Crippen LogP) is 4.71. The summed E-state index contributed by atoms with van der Waals surface area (Å²) in [4.78, 5) is 9.95. The molecule has 0 saturated heterocycles. The Morgan fingerprint density at radius 3 is 2.96 bits per heavy atom. The van der Waals surface area contributed by atoms with Crippen LogP contribution in [0, 0.1) is 11.3 Å². The van der Waals surface area contributed by atoms with Crippen LogP contribution in [0.3, 0.4) is 0 Å². The van der Waals surface area contributed by atoms with Gasteiger partial charge in [0.15, 0.2) is 0 Å². The number of hydrogen-bond acceptors (Lipinski definition) is 7. The van der Waals surface area contributed by atoms with Crippen LogP contribution >= 0.6 is 38.9 Å². The molecule has 0 aromatic carbocycles. The van der Waals surface area contributed by atoms with Gasteiger partial charge in [0, 0.05) is 14.9 Å². The van der Waals surface area contributed by atoms with Gasteiger partial charge in [-0.2, -0.15) is 10.2 Å². The summed E-state index contributed by atoms with van der Waals surface area (Å²) in [6.07, 6.45) is 2.68. The van der Waals surface area contributed by atoms with Gasteiger partial charge in [0.1, 0.15) is 21.9 Å². The molecule has 3 aromatic rings. The average Bonchev–Trinajstić information content (AvgIpc) is 3.19.